The Morgan fingerprint density at radius 1 is 1.28 bits per heavy atom. The average molecular weight is 248 g/mol. The van der Waals surface area contributed by atoms with Crippen LogP contribution in [0.3, 0.4) is 0 Å². The van der Waals surface area contributed by atoms with Gasteiger partial charge in [0.05, 0.1) is 25.6 Å². The quantitative estimate of drug-likeness (QED) is 0.807. The van der Waals surface area contributed by atoms with E-state index in [0.717, 1.165) is 32.5 Å². The SMILES string of the molecule is CCOC(=O)C1CC[NH+](Cc2ccccc2)CC1. The fourth-order valence-electron chi connectivity index (χ4n) is 2.58. The molecule has 0 aromatic heterocycles. The number of nitrogens with one attached hydrogen (secondary N) is 1. The second kappa shape index (κ2) is 6.55. The molecule has 98 valence electrons. The van der Waals surface area contributed by atoms with Crippen molar-refractivity contribution in [1.29, 1.82) is 0 Å². The second-order valence-electron chi connectivity index (χ2n) is 4.94. The number of carbonyl (C=O) groups is 1. The fourth-order valence-corrected chi connectivity index (χ4v) is 2.58. The molecule has 1 aliphatic heterocycles. The van der Waals surface area contributed by atoms with Crippen LogP contribution in [0.25, 0.3) is 0 Å². The molecule has 3 nitrogen and oxygen atoms in total. The van der Waals surface area contributed by atoms with Crippen molar-refractivity contribution in [3.8, 4) is 0 Å². The average Bonchev–Trinajstić information content (AvgIpc) is 2.41. The summed E-state index contributed by atoms with van der Waals surface area (Å²) in [5.74, 6) is 0.126. The third-order valence-corrected chi connectivity index (χ3v) is 3.61. The summed E-state index contributed by atoms with van der Waals surface area (Å²) in [4.78, 5) is 13.2. The second-order valence-corrected chi connectivity index (χ2v) is 4.94. The Kier molecular flexibility index (Phi) is 4.76. The summed E-state index contributed by atoms with van der Waals surface area (Å²) >= 11 is 0. The Morgan fingerprint density at radius 2 is 1.94 bits per heavy atom. The smallest absolute Gasteiger partial charge is 0.309 e. The number of piperidine rings is 1. The van der Waals surface area contributed by atoms with E-state index >= 15 is 0 Å². The summed E-state index contributed by atoms with van der Waals surface area (Å²) in [6, 6.07) is 10.6. The standard InChI is InChI=1S/C15H21NO2/c1-2-18-15(17)14-8-10-16(11-9-14)12-13-6-4-3-5-7-13/h3-7,14H,2,8-12H2,1H3/p+1. The van der Waals surface area contributed by atoms with Crippen LogP contribution >= 0.6 is 0 Å². The summed E-state index contributed by atoms with van der Waals surface area (Å²) in [5.41, 5.74) is 1.38. The molecule has 1 N–H and O–H groups in total. The van der Waals surface area contributed by atoms with Crippen LogP contribution < -0.4 is 4.90 Å². The highest BCUT2D eigenvalue weighted by molar-refractivity contribution is 5.72. The van der Waals surface area contributed by atoms with Crippen molar-refractivity contribution in [2.75, 3.05) is 19.7 Å². The van der Waals surface area contributed by atoms with Crippen LogP contribution in [-0.2, 0) is 16.1 Å². The predicted molar refractivity (Wildman–Crippen MR) is 70.2 cm³/mol. The first-order valence-electron chi connectivity index (χ1n) is 6.83. The normalized spacial score (nSPS) is 23.6. The number of hydrogen-bond donors (Lipinski definition) is 1. The van der Waals surface area contributed by atoms with Gasteiger partial charge in [0.2, 0.25) is 0 Å². The molecule has 0 unspecified atom stereocenters. The predicted octanol–water partition coefficient (Wildman–Crippen LogP) is 1.04. The lowest BCUT2D eigenvalue weighted by molar-refractivity contribution is -0.919. The molecule has 3 heteroatoms. The van der Waals surface area contributed by atoms with Crippen LogP contribution in [0.4, 0.5) is 0 Å². The van der Waals surface area contributed by atoms with Gasteiger partial charge in [-0.3, -0.25) is 4.79 Å². The van der Waals surface area contributed by atoms with E-state index in [1.807, 2.05) is 13.0 Å². The van der Waals surface area contributed by atoms with E-state index in [1.165, 1.54) is 5.56 Å². The zero-order valence-electron chi connectivity index (χ0n) is 11.0. The first kappa shape index (κ1) is 13.1. The summed E-state index contributed by atoms with van der Waals surface area (Å²) in [7, 11) is 0. The van der Waals surface area contributed by atoms with Gasteiger partial charge in [0.15, 0.2) is 0 Å². The highest BCUT2D eigenvalue weighted by atomic mass is 16.5. The minimum Gasteiger partial charge on any atom is -0.466 e. The van der Waals surface area contributed by atoms with Gasteiger partial charge in [0.1, 0.15) is 6.54 Å². The first-order chi connectivity index (χ1) is 8.79. The van der Waals surface area contributed by atoms with Crippen molar-refractivity contribution in [3.05, 3.63) is 35.9 Å². The van der Waals surface area contributed by atoms with Crippen molar-refractivity contribution < 1.29 is 14.4 Å². The lowest BCUT2D eigenvalue weighted by Gasteiger charge is -2.28. The molecule has 1 saturated heterocycles. The lowest BCUT2D eigenvalue weighted by atomic mass is 9.96. The Morgan fingerprint density at radius 3 is 2.56 bits per heavy atom. The third-order valence-electron chi connectivity index (χ3n) is 3.61. The summed E-state index contributed by atoms with van der Waals surface area (Å²) in [6.45, 7) is 5.57. The monoisotopic (exact) mass is 248 g/mol. The molecule has 1 aromatic rings. The molecule has 1 heterocycles. The van der Waals surface area contributed by atoms with Crippen LogP contribution in [0.1, 0.15) is 25.3 Å². The maximum Gasteiger partial charge on any atom is 0.309 e. The van der Waals surface area contributed by atoms with E-state index < -0.39 is 0 Å². The lowest BCUT2D eigenvalue weighted by Crippen LogP contribution is -3.11. The molecule has 1 fully saturated rings. The van der Waals surface area contributed by atoms with Gasteiger partial charge in [-0.15, -0.1) is 0 Å². The topological polar surface area (TPSA) is 30.7 Å². The van der Waals surface area contributed by atoms with E-state index in [1.54, 1.807) is 4.90 Å². The molecule has 0 atom stereocenters. The van der Waals surface area contributed by atoms with Gasteiger partial charge < -0.3 is 9.64 Å². The minimum absolute atomic E-state index is 0.00346. The van der Waals surface area contributed by atoms with Gasteiger partial charge in [-0.25, -0.2) is 0 Å². The molecule has 0 amide bonds. The Labute approximate surface area is 109 Å². The van der Waals surface area contributed by atoms with Gasteiger partial charge >= 0.3 is 5.97 Å². The Hall–Kier alpha value is -1.35. The summed E-state index contributed by atoms with van der Waals surface area (Å²) in [6.07, 6.45) is 1.92. The van der Waals surface area contributed by atoms with Crippen LogP contribution in [0.5, 0.6) is 0 Å². The third kappa shape index (κ3) is 3.57. The van der Waals surface area contributed by atoms with Gasteiger partial charge in [0, 0.05) is 18.4 Å². The number of quaternary nitrogens is 1. The summed E-state index contributed by atoms with van der Waals surface area (Å²) in [5, 5.41) is 0. The number of hydrogen-bond acceptors (Lipinski definition) is 2. The highest BCUT2D eigenvalue weighted by Gasteiger charge is 2.28. The first-order valence-corrected chi connectivity index (χ1v) is 6.83. The largest absolute Gasteiger partial charge is 0.466 e. The Bertz CT molecular complexity index is 369. The van der Waals surface area contributed by atoms with Crippen molar-refractivity contribution in [1.82, 2.24) is 0 Å². The van der Waals surface area contributed by atoms with E-state index in [2.05, 4.69) is 24.3 Å². The highest BCUT2D eigenvalue weighted by Crippen LogP contribution is 2.11. The van der Waals surface area contributed by atoms with Crippen molar-refractivity contribution >= 4 is 5.97 Å². The molecule has 1 aliphatic rings. The van der Waals surface area contributed by atoms with Crippen molar-refractivity contribution in [2.24, 2.45) is 5.92 Å². The molecular weight excluding hydrogens is 226 g/mol. The van der Waals surface area contributed by atoms with E-state index in [4.69, 9.17) is 4.74 Å². The van der Waals surface area contributed by atoms with E-state index in [0.29, 0.717) is 6.61 Å². The van der Waals surface area contributed by atoms with E-state index in [9.17, 15) is 4.79 Å². The van der Waals surface area contributed by atoms with E-state index in [-0.39, 0.29) is 11.9 Å². The van der Waals surface area contributed by atoms with Gasteiger partial charge in [-0.05, 0) is 6.92 Å². The van der Waals surface area contributed by atoms with Gasteiger partial charge in [-0.2, -0.15) is 0 Å². The molecule has 2 rings (SSSR count). The zero-order chi connectivity index (χ0) is 12.8. The number of rotatable bonds is 4. The number of esters is 1. The Balaban J connectivity index is 1.78. The van der Waals surface area contributed by atoms with Crippen LogP contribution in [0, 0.1) is 5.92 Å². The fraction of sp³-hybridized carbons (Fsp3) is 0.533. The van der Waals surface area contributed by atoms with Crippen LogP contribution in [0.15, 0.2) is 30.3 Å². The summed E-state index contributed by atoms with van der Waals surface area (Å²) < 4.78 is 5.09. The zero-order valence-corrected chi connectivity index (χ0v) is 11.0. The van der Waals surface area contributed by atoms with Crippen LogP contribution in [-0.4, -0.2) is 25.7 Å². The van der Waals surface area contributed by atoms with Crippen molar-refractivity contribution in [3.63, 3.8) is 0 Å². The number of ether oxygens (including phenoxy) is 1. The van der Waals surface area contributed by atoms with Crippen molar-refractivity contribution in [2.45, 2.75) is 26.3 Å². The molecule has 0 aliphatic carbocycles. The number of likely N-dealkylation sites (tertiary alicyclic amines) is 1. The minimum atomic E-state index is -0.00346. The maximum atomic E-state index is 11.6. The number of benzene rings is 1. The van der Waals surface area contributed by atoms with Gasteiger partial charge in [0.25, 0.3) is 0 Å². The molecule has 0 radical (unpaired) electrons. The van der Waals surface area contributed by atoms with Gasteiger partial charge in [-0.1, -0.05) is 30.3 Å². The molecular formula is C15H22NO2+. The molecule has 18 heavy (non-hydrogen) atoms. The molecule has 0 saturated carbocycles. The number of carbonyl (C=O) groups excluding carboxylic acids is 1. The molecule has 0 spiro atoms. The molecule has 1 aromatic carbocycles. The van der Waals surface area contributed by atoms with Crippen LogP contribution in [0.2, 0.25) is 0 Å². The molecule has 0 bridgehead atoms. The maximum absolute atomic E-state index is 11.6.